The molecule has 1 fully saturated rings. The molecule has 2 aromatic carbocycles. The smallest absolute Gasteiger partial charge is 0.237 e. The third-order valence-electron chi connectivity index (χ3n) is 5.72. The van der Waals surface area contributed by atoms with Gasteiger partial charge in [-0.2, -0.15) is 0 Å². The van der Waals surface area contributed by atoms with E-state index in [9.17, 15) is 9.18 Å². The van der Waals surface area contributed by atoms with E-state index in [2.05, 4.69) is 10.2 Å². The van der Waals surface area contributed by atoms with Crippen LogP contribution in [0.15, 0.2) is 47.6 Å². The summed E-state index contributed by atoms with van der Waals surface area (Å²) in [5.41, 5.74) is 2.53. The van der Waals surface area contributed by atoms with Gasteiger partial charge in [0.05, 0.1) is 18.4 Å². The lowest BCUT2D eigenvalue weighted by atomic mass is 10.0. The van der Waals surface area contributed by atoms with E-state index in [4.69, 9.17) is 4.74 Å². The van der Waals surface area contributed by atoms with Crippen LogP contribution in [-0.2, 0) is 11.2 Å². The van der Waals surface area contributed by atoms with Crippen molar-refractivity contribution in [2.75, 3.05) is 24.3 Å². The molecule has 1 aromatic heterocycles. The van der Waals surface area contributed by atoms with Gasteiger partial charge in [0.1, 0.15) is 11.6 Å². The van der Waals surface area contributed by atoms with Crippen LogP contribution in [0.25, 0.3) is 11.4 Å². The van der Waals surface area contributed by atoms with Gasteiger partial charge in [-0.3, -0.25) is 9.36 Å². The molecule has 2 heterocycles. The molecule has 0 saturated heterocycles. The number of thioether (sulfide) groups is 1. The summed E-state index contributed by atoms with van der Waals surface area (Å²) in [5.74, 6) is 1.32. The van der Waals surface area contributed by atoms with E-state index in [0.29, 0.717) is 23.1 Å². The van der Waals surface area contributed by atoms with Gasteiger partial charge in [0.25, 0.3) is 0 Å². The van der Waals surface area contributed by atoms with Crippen molar-refractivity contribution in [3.05, 3.63) is 53.8 Å². The molecular weight excluding hydrogens is 415 g/mol. The average molecular weight is 439 g/mol. The maximum Gasteiger partial charge on any atom is 0.237 e. The highest BCUT2D eigenvalue weighted by molar-refractivity contribution is 7.99. The lowest BCUT2D eigenvalue weighted by Crippen LogP contribution is -2.36. The van der Waals surface area contributed by atoms with Gasteiger partial charge < -0.3 is 9.64 Å². The van der Waals surface area contributed by atoms with Crippen LogP contribution in [-0.4, -0.2) is 40.1 Å². The Labute approximate surface area is 184 Å². The molecule has 0 bridgehead atoms. The number of aryl methyl sites for hydroxylation is 1. The largest absolute Gasteiger partial charge is 0.497 e. The Morgan fingerprint density at radius 3 is 2.84 bits per heavy atom. The number of hydrogen-bond acceptors (Lipinski definition) is 5. The maximum atomic E-state index is 14.3. The second kappa shape index (κ2) is 8.34. The van der Waals surface area contributed by atoms with Crippen molar-refractivity contribution in [2.45, 2.75) is 36.9 Å². The van der Waals surface area contributed by atoms with E-state index in [1.807, 2.05) is 27.7 Å². The van der Waals surface area contributed by atoms with Gasteiger partial charge in [-0.25, -0.2) is 4.39 Å². The highest BCUT2D eigenvalue weighted by Crippen LogP contribution is 2.41. The Morgan fingerprint density at radius 1 is 1.23 bits per heavy atom. The van der Waals surface area contributed by atoms with E-state index in [1.54, 1.807) is 25.3 Å². The molecule has 2 aliphatic rings. The Hall–Kier alpha value is -2.87. The fourth-order valence-corrected chi connectivity index (χ4v) is 4.91. The van der Waals surface area contributed by atoms with E-state index in [-0.39, 0.29) is 23.5 Å². The van der Waals surface area contributed by atoms with E-state index in [0.717, 1.165) is 42.7 Å². The van der Waals surface area contributed by atoms with Crippen LogP contribution in [0.3, 0.4) is 0 Å². The number of aromatic nitrogens is 3. The van der Waals surface area contributed by atoms with Crippen molar-refractivity contribution in [1.29, 1.82) is 0 Å². The molecule has 8 heteroatoms. The van der Waals surface area contributed by atoms with Crippen LogP contribution in [0.2, 0.25) is 0 Å². The quantitative estimate of drug-likeness (QED) is 0.531. The Bertz CT molecular complexity index is 1130. The van der Waals surface area contributed by atoms with E-state index < -0.39 is 0 Å². The summed E-state index contributed by atoms with van der Waals surface area (Å²) < 4.78 is 21.7. The zero-order valence-corrected chi connectivity index (χ0v) is 18.1. The average Bonchev–Trinajstić information content (AvgIpc) is 3.56. The van der Waals surface area contributed by atoms with Crippen LogP contribution < -0.4 is 9.64 Å². The third-order valence-corrected chi connectivity index (χ3v) is 6.65. The molecule has 1 aliphatic heterocycles. The Kier molecular flexibility index (Phi) is 5.40. The zero-order valence-electron chi connectivity index (χ0n) is 17.3. The van der Waals surface area contributed by atoms with Gasteiger partial charge in [-0.15, -0.1) is 10.2 Å². The predicted octanol–water partition coefficient (Wildman–Crippen LogP) is 4.50. The summed E-state index contributed by atoms with van der Waals surface area (Å²) in [4.78, 5) is 14.9. The molecule has 160 valence electrons. The molecule has 0 radical (unpaired) electrons. The SMILES string of the molecule is COc1ccc2c(c1)CCCN2C(=O)CSc1nnc(-c2ccccc2F)n1C1CC1. The lowest BCUT2D eigenvalue weighted by Gasteiger charge is -2.29. The summed E-state index contributed by atoms with van der Waals surface area (Å²) in [5, 5.41) is 9.24. The van der Waals surface area contributed by atoms with Crippen LogP contribution in [0.4, 0.5) is 10.1 Å². The molecule has 0 N–H and O–H groups in total. The number of nitrogens with zero attached hydrogens (tertiary/aromatic N) is 4. The molecule has 31 heavy (non-hydrogen) atoms. The number of benzene rings is 2. The first kappa shape index (κ1) is 20.1. The van der Waals surface area contributed by atoms with Crippen molar-refractivity contribution >= 4 is 23.4 Å². The molecule has 6 nitrogen and oxygen atoms in total. The number of halogens is 1. The summed E-state index contributed by atoms with van der Waals surface area (Å²) in [6, 6.07) is 12.7. The number of anilines is 1. The molecule has 0 spiro atoms. The summed E-state index contributed by atoms with van der Waals surface area (Å²) in [6.45, 7) is 0.703. The van der Waals surface area contributed by atoms with Crippen LogP contribution in [0, 0.1) is 5.82 Å². The monoisotopic (exact) mass is 438 g/mol. The summed E-state index contributed by atoms with van der Waals surface area (Å²) >= 11 is 1.37. The minimum absolute atomic E-state index is 0.0360. The van der Waals surface area contributed by atoms with Gasteiger partial charge in [-0.1, -0.05) is 23.9 Å². The van der Waals surface area contributed by atoms with Crippen LogP contribution in [0.1, 0.15) is 30.9 Å². The number of carbonyl (C=O) groups excluding carboxylic acids is 1. The van der Waals surface area contributed by atoms with Crippen molar-refractivity contribution in [3.8, 4) is 17.1 Å². The van der Waals surface area contributed by atoms with Crippen LogP contribution >= 0.6 is 11.8 Å². The molecule has 1 aliphatic carbocycles. The molecular formula is C23H23FN4O2S. The maximum absolute atomic E-state index is 14.3. The summed E-state index contributed by atoms with van der Waals surface area (Å²) in [7, 11) is 1.65. The molecule has 5 rings (SSSR count). The first-order chi connectivity index (χ1) is 15.2. The van der Waals surface area contributed by atoms with Gasteiger partial charge in [-0.05, 0) is 61.6 Å². The Balaban J connectivity index is 1.36. The standard InChI is InChI=1S/C23H23FN4O2S/c1-30-17-10-11-20-15(13-17)5-4-12-27(20)21(29)14-31-23-26-25-22(28(23)16-8-9-16)18-6-2-3-7-19(18)24/h2-3,6-7,10-11,13,16H,4-5,8-9,12,14H2,1H3. The highest BCUT2D eigenvalue weighted by Gasteiger charge is 2.31. The molecule has 1 amide bonds. The van der Waals surface area contributed by atoms with Crippen LogP contribution in [0.5, 0.6) is 5.75 Å². The third kappa shape index (κ3) is 3.92. The number of fused-ring (bicyclic) bond motifs is 1. The Morgan fingerprint density at radius 2 is 2.06 bits per heavy atom. The number of hydrogen-bond donors (Lipinski definition) is 0. The predicted molar refractivity (Wildman–Crippen MR) is 118 cm³/mol. The first-order valence-electron chi connectivity index (χ1n) is 10.5. The van der Waals surface area contributed by atoms with E-state index in [1.165, 1.54) is 17.8 Å². The van der Waals surface area contributed by atoms with Crippen molar-refractivity contribution in [1.82, 2.24) is 14.8 Å². The van der Waals surface area contributed by atoms with Gasteiger partial charge in [0.15, 0.2) is 11.0 Å². The number of amides is 1. The lowest BCUT2D eigenvalue weighted by molar-refractivity contribution is -0.116. The number of methoxy groups -OCH3 is 1. The minimum Gasteiger partial charge on any atom is -0.497 e. The van der Waals surface area contributed by atoms with E-state index >= 15 is 0 Å². The van der Waals surface area contributed by atoms with Crippen molar-refractivity contribution in [2.24, 2.45) is 0 Å². The second-order valence-electron chi connectivity index (χ2n) is 7.82. The fourth-order valence-electron chi connectivity index (χ4n) is 4.03. The minimum atomic E-state index is -0.315. The van der Waals surface area contributed by atoms with Crippen molar-refractivity contribution in [3.63, 3.8) is 0 Å². The van der Waals surface area contributed by atoms with Gasteiger partial charge in [0, 0.05) is 18.3 Å². The second-order valence-corrected chi connectivity index (χ2v) is 8.76. The normalized spacial score (nSPS) is 15.6. The number of ether oxygens (including phenoxy) is 1. The molecule has 0 atom stereocenters. The first-order valence-corrected chi connectivity index (χ1v) is 11.4. The molecule has 3 aromatic rings. The molecule has 0 unspecified atom stereocenters. The summed E-state index contributed by atoms with van der Waals surface area (Å²) in [6.07, 6.45) is 3.89. The molecule has 1 saturated carbocycles. The number of carbonyl (C=O) groups is 1. The zero-order chi connectivity index (χ0) is 21.4. The highest BCUT2D eigenvalue weighted by atomic mass is 32.2. The van der Waals surface area contributed by atoms with Gasteiger partial charge >= 0.3 is 0 Å². The number of rotatable bonds is 6. The topological polar surface area (TPSA) is 60.2 Å². The fraction of sp³-hybridized carbons (Fsp3) is 0.348. The van der Waals surface area contributed by atoms with Crippen molar-refractivity contribution < 1.29 is 13.9 Å². The van der Waals surface area contributed by atoms with Gasteiger partial charge in [0.2, 0.25) is 5.91 Å².